The highest BCUT2D eigenvalue weighted by Gasteiger charge is 2.28. The molecule has 0 bridgehead atoms. The van der Waals surface area contributed by atoms with Crippen LogP contribution < -0.4 is 19.7 Å². The zero-order chi connectivity index (χ0) is 25.5. The topological polar surface area (TPSA) is 103 Å². The second kappa shape index (κ2) is 11.4. The number of hydrogen-bond acceptors (Lipinski definition) is 8. The van der Waals surface area contributed by atoms with Crippen LogP contribution in [-0.4, -0.2) is 29.1 Å². The summed E-state index contributed by atoms with van der Waals surface area (Å²) in [4.78, 5) is 22.2. The monoisotopic (exact) mass is 505 g/mol. The van der Waals surface area contributed by atoms with E-state index in [9.17, 15) is 10.1 Å². The third-order valence-electron chi connectivity index (χ3n) is 5.44. The fourth-order valence-electron chi connectivity index (χ4n) is 3.76. The summed E-state index contributed by atoms with van der Waals surface area (Å²) in [6.45, 7) is 0.815. The zero-order valence-corrected chi connectivity index (χ0v) is 20.5. The van der Waals surface area contributed by atoms with Crippen molar-refractivity contribution in [1.29, 1.82) is 0 Å². The number of halogens is 1. The predicted molar refractivity (Wildman–Crippen MR) is 139 cm³/mol. The second-order valence-electron chi connectivity index (χ2n) is 7.79. The Hall–Kier alpha value is -4.37. The molecule has 9 nitrogen and oxygen atoms in total. The van der Waals surface area contributed by atoms with Gasteiger partial charge in [0.05, 0.1) is 29.9 Å². The van der Waals surface area contributed by atoms with Crippen LogP contribution in [0.4, 0.5) is 23.0 Å². The second-order valence-corrected chi connectivity index (χ2v) is 8.20. The van der Waals surface area contributed by atoms with Crippen molar-refractivity contribution < 1.29 is 14.4 Å². The fraction of sp³-hybridized carbons (Fsp3) is 0.154. The summed E-state index contributed by atoms with van der Waals surface area (Å²) in [6, 6.07) is 22.6. The van der Waals surface area contributed by atoms with Gasteiger partial charge in [0, 0.05) is 19.2 Å². The van der Waals surface area contributed by atoms with Crippen molar-refractivity contribution in [3.05, 3.63) is 105 Å². The molecule has 0 unspecified atom stereocenters. The van der Waals surface area contributed by atoms with Crippen molar-refractivity contribution in [1.82, 2.24) is 9.97 Å². The maximum absolute atomic E-state index is 12.3. The average Bonchev–Trinajstić information content (AvgIpc) is 2.89. The van der Waals surface area contributed by atoms with Crippen LogP contribution in [0.1, 0.15) is 11.1 Å². The number of aromatic nitrogens is 2. The van der Waals surface area contributed by atoms with Gasteiger partial charge in [0.25, 0.3) is 0 Å². The van der Waals surface area contributed by atoms with Gasteiger partial charge in [-0.25, -0.2) is 9.97 Å². The van der Waals surface area contributed by atoms with Gasteiger partial charge < -0.3 is 19.7 Å². The standard InChI is InChI=1S/C26H24ClN5O4/c1-35-22-14-23(36-2)21(13-20(22)27)30-25-24(32(33)34)26(29-17-28-25)31(15-18-9-5-3-6-10-18)16-19-11-7-4-8-12-19/h3-14,17H,15-16H2,1-2H3,(H,28,29,30). The maximum Gasteiger partial charge on any atom is 0.353 e. The van der Waals surface area contributed by atoms with E-state index in [1.807, 2.05) is 65.6 Å². The lowest BCUT2D eigenvalue weighted by atomic mass is 10.1. The summed E-state index contributed by atoms with van der Waals surface area (Å²) in [5.74, 6) is 0.990. The van der Waals surface area contributed by atoms with Gasteiger partial charge in [-0.2, -0.15) is 0 Å². The first kappa shape index (κ1) is 24.7. The summed E-state index contributed by atoms with van der Waals surface area (Å²) >= 11 is 6.29. The fourth-order valence-corrected chi connectivity index (χ4v) is 4.00. The number of nitrogens with zero attached hydrogens (tertiary/aromatic N) is 4. The first-order valence-corrected chi connectivity index (χ1v) is 11.4. The number of benzene rings is 3. The molecule has 0 saturated heterocycles. The molecule has 4 aromatic rings. The summed E-state index contributed by atoms with van der Waals surface area (Å²) < 4.78 is 10.7. The number of nitro groups is 1. The van der Waals surface area contributed by atoms with Gasteiger partial charge in [-0.3, -0.25) is 10.1 Å². The lowest BCUT2D eigenvalue weighted by Gasteiger charge is -2.24. The molecule has 36 heavy (non-hydrogen) atoms. The van der Waals surface area contributed by atoms with E-state index >= 15 is 0 Å². The molecule has 1 N–H and O–H groups in total. The number of rotatable bonds is 10. The first-order valence-electron chi connectivity index (χ1n) is 11.0. The van der Waals surface area contributed by atoms with Crippen molar-refractivity contribution >= 4 is 34.6 Å². The minimum Gasteiger partial charge on any atom is -0.495 e. The number of ether oxygens (including phenoxy) is 2. The smallest absolute Gasteiger partial charge is 0.353 e. The van der Waals surface area contributed by atoms with E-state index in [-0.39, 0.29) is 17.3 Å². The van der Waals surface area contributed by atoms with Gasteiger partial charge in [0.2, 0.25) is 11.6 Å². The van der Waals surface area contributed by atoms with E-state index in [1.165, 1.54) is 20.5 Å². The van der Waals surface area contributed by atoms with Gasteiger partial charge in [0.15, 0.2) is 0 Å². The predicted octanol–water partition coefficient (Wildman–Crippen LogP) is 6.01. The zero-order valence-electron chi connectivity index (χ0n) is 19.7. The Kier molecular flexibility index (Phi) is 7.82. The molecule has 0 atom stereocenters. The summed E-state index contributed by atoms with van der Waals surface area (Å²) in [6.07, 6.45) is 1.30. The average molecular weight is 506 g/mol. The van der Waals surface area contributed by atoms with Gasteiger partial charge in [-0.1, -0.05) is 72.3 Å². The molecule has 4 rings (SSSR count). The van der Waals surface area contributed by atoms with Crippen LogP contribution in [-0.2, 0) is 13.1 Å². The molecular formula is C26H24ClN5O4. The SMILES string of the molecule is COc1cc(OC)c(Nc2ncnc(N(Cc3ccccc3)Cc3ccccc3)c2[N+](=O)[O-])cc1Cl. The van der Waals surface area contributed by atoms with Gasteiger partial charge in [0.1, 0.15) is 17.8 Å². The number of anilines is 3. The minimum atomic E-state index is -0.488. The quantitative estimate of drug-likeness (QED) is 0.206. The van der Waals surface area contributed by atoms with Crippen molar-refractivity contribution in [2.75, 3.05) is 24.4 Å². The van der Waals surface area contributed by atoms with Gasteiger partial charge >= 0.3 is 5.69 Å². The van der Waals surface area contributed by atoms with Crippen LogP contribution in [0.2, 0.25) is 5.02 Å². The van der Waals surface area contributed by atoms with Gasteiger partial charge in [-0.15, -0.1) is 0 Å². The van der Waals surface area contributed by atoms with E-state index < -0.39 is 4.92 Å². The Bertz CT molecular complexity index is 1300. The minimum absolute atomic E-state index is 0.00987. The Balaban J connectivity index is 1.78. The van der Waals surface area contributed by atoms with Crippen LogP contribution >= 0.6 is 11.6 Å². The summed E-state index contributed by atoms with van der Waals surface area (Å²) in [5.41, 5.74) is 2.10. The number of methoxy groups -OCH3 is 2. The molecule has 0 spiro atoms. The van der Waals surface area contributed by atoms with Crippen LogP contribution in [0.3, 0.4) is 0 Å². The molecule has 1 heterocycles. The Morgan fingerprint density at radius 1 is 0.917 bits per heavy atom. The third kappa shape index (κ3) is 5.64. The molecule has 0 saturated carbocycles. The molecule has 0 aliphatic rings. The van der Waals surface area contributed by atoms with Crippen molar-refractivity contribution in [3.8, 4) is 11.5 Å². The molecule has 1 aromatic heterocycles. The lowest BCUT2D eigenvalue weighted by Crippen LogP contribution is -2.24. The molecule has 0 radical (unpaired) electrons. The first-order chi connectivity index (χ1) is 17.5. The molecular weight excluding hydrogens is 482 g/mol. The van der Waals surface area contributed by atoms with E-state index in [1.54, 1.807) is 12.1 Å². The third-order valence-corrected chi connectivity index (χ3v) is 5.74. The van der Waals surface area contributed by atoms with E-state index in [0.717, 1.165) is 11.1 Å². The molecule has 10 heteroatoms. The van der Waals surface area contributed by atoms with E-state index in [0.29, 0.717) is 35.3 Å². The molecule has 0 aliphatic carbocycles. The van der Waals surface area contributed by atoms with E-state index in [4.69, 9.17) is 21.1 Å². The Labute approximate surface area is 213 Å². The lowest BCUT2D eigenvalue weighted by molar-refractivity contribution is -0.383. The molecule has 0 amide bonds. The van der Waals surface area contributed by atoms with Crippen molar-refractivity contribution in [2.45, 2.75) is 13.1 Å². The summed E-state index contributed by atoms with van der Waals surface area (Å²) in [7, 11) is 2.97. The normalized spacial score (nSPS) is 10.5. The molecule has 3 aromatic carbocycles. The van der Waals surface area contributed by atoms with Crippen LogP contribution in [0.25, 0.3) is 0 Å². The van der Waals surface area contributed by atoms with Crippen molar-refractivity contribution in [2.24, 2.45) is 0 Å². The van der Waals surface area contributed by atoms with Crippen LogP contribution in [0.5, 0.6) is 11.5 Å². The van der Waals surface area contributed by atoms with Crippen LogP contribution in [0.15, 0.2) is 79.1 Å². The highest BCUT2D eigenvalue weighted by atomic mass is 35.5. The Morgan fingerprint density at radius 2 is 1.50 bits per heavy atom. The number of nitrogens with one attached hydrogen (secondary N) is 1. The van der Waals surface area contributed by atoms with E-state index in [2.05, 4.69) is 15.3 Å². The highest BCUT2D eigenvalue weighted by molar-refractivity contribution is 6.32. The van der Waals surface area contributed by atoms with Crippen LogP contribution in [0, 0.1) is 10.1 Å². The van der Waals surface area contributed by atoms with Gasteiger partial charge in [-0.05, 0) is 17.2 Å². The number of hydrogen-bond donors (Lipinski definition) is 1. The maximum atomic E-state index is 12.3. The molecule has 184 valence electrons. The molecule has 0 aliphatic heterocycles. The largest absolute Gasteiger partial charge is 0.495 e. The Morgan fingerprint density at radius 3 is 2.03 bits per heavy atom. The highest BCUT2D eigenvalue weighted by Crippen LogP contribution is 2.40. The summed E-state index contributed by atoms with van der Waals surface area (Å²) in [5, 5.41) is 15.7. The van der Waals surface area contributed by atoms with Crippen molar-refractivity contribution in [3.63, 3.8) is 0 Å². The molecule has 0 fully saturated rings.